The summed E-state index contributed by atoms with van der Waals surface area (Å²) in [5, 5.41) is 4.36. The van der Waals surface area contributed by atoms with E-state index in [2.05, 4.69) is 16.9 Å². The van der Waals surface area contributed by atoms with Crippen molar-refractivity contribution in [2.75, 3.05) is 24.7 Å². The minimum absolute atomic E-state index is 0.0862. The number of hydrogen-bond donors (Lipinski definition) is 0. The molecular weight excluding hydrogens is 297 g/mol. The van der Waals surface area contributed by atoms with E-state index in [1.165, 1.54) is 6.07 Å². The number of benzene rings is 1. The number of rotatable bonds is 3. The van der Waals surface area contributed by atoms with Crippen LogP contribution in [-0.4, -0.2) is 29.5 Å². The average molecular weight is 317 g/mol. The van der Waals surface area contributed by atoms with Gasteiger partial charge in [-0.15, -0.1) is 0 Å². The van der Waals surface area contributed by atoms with Gasteiger partial charge in [-0.05, 0) is 25.8 Å². The van der Waals surface area contributed by atoms with Crippen LogP contribution in [0.5, 0.6) is 11.5 Å². The molecule has 122 valence electrons. The predicted octanol–water partition coefficient (Wildman–Crippen LogP) is 3.15. The second-order valence-corrected chi connectivity index (χ2v) is 5.88. The Balaban J connectivity index is 1.76. The normalized spacial score (nSPS) is 20.1. The minimum atomic E-state index is -0.278. The highest BCUT2D eigenvalue weighted by atomic mass is 19.1. The van der Waals surface area contributed by atoms with Gasteiger partial charge in [-0.1, -0.05) is 0 Å². The van der Waals surface area contributed by atoms with Crippen LogP contribution in [0.2, 0.25) is 0 Å². The Morgan fingerprint density at radius 1 is 1.30 bits per heavy atom. The Morgan fingerprint density at radius 3 is 3.04 bits per heavy atom. The van der Waals surface area contributed by atoms with E-state index in [0.29, 0.717) is 24.7 Å². The number of aryl methyl sites for hydroxylation is 1. The zero-order valence-corrected chi connectivity index (χ0v) is 13.2. The molecule has 4 rings (SSSR count). The molecule has 2 aliphatic heterocycles. The Labute approximate surface area is 134 Å². The van der Waals surface area contributed by atoms with Gasteiger partial charge in [-0.3, -0.25) is 4.68 Å². The van der Waals surface area contributed by atoms with Crippen molar-refractivity contribution in [2.24, 2.45) is 0 Å². The van der Waals surface area contributed by atoms with E-state index < -0.39 is 0 Å². The highest BCUT2D eigenvalue weighted by Gasteiger charge is 2.33. The molecule has 0 aliphatic carbocycles. The first-order valence-electron chi connectivity index (χ1n) is 8.15. The van der Waals surface area contributed by atoms with Gasteiger partial charge in [0.2, 0.25) is 0 Å². The standard InChI is InChI=1S/C17H20FN3O2/c1-2-21-16(5-6-19-21)20-7-3-4-14(20)13-10-12(18)11-15-17(13)23-9-8-22-15/h5-6,10-11,14H,2-4,7-9H2,1H3. The van der Waals surface area contributed by atoms with E-state index in [1.54, 1.807) is 6.07 Å². The Morgan fingerprint density at radius 2 is 2.17 bits per heavy atom. The number of halogens is 1. The van der Waals surface area contributed by atoms with Gasteiger partial charge < -0.3 is 14.4 Å². The van der Waals surface area contributed by atoms with Gasteiger partial charge in [-0.2, -0.15) is 5.10 Å². The van der Waals surface area contributed by atoms with Crippen LogP contribution in [0.15, 0.2) is 24.4 Å². The molecular formula is C17H20FN3O2. The van der Waals surface area contributed by atoms with Crippen LogP contribution in [0.4, 0.5) is 10.2 Å². The average Bonchev–Trinajstić information content (AvgIpc) is 3.22. The molecule has 0 N–H and O–H groups in total. The van der Waals surface area contributed by atoms with Crippen molar-refractivity contribution in [3.8, 4) is 11.5 Å². The van der Waals surface area contributed by atoms with E-state index in [1.807, 2.05) is 16.9 Å². The van der Waals surface area contributed by atoms with Crippen molar-refractivity contribution in [2.45, 2.75) is 32.4 Å². The summed E-state index contributed by atoms with van der Waals surface area (Å²) in [6, 6.07) is 5.10. The zero-order chi connectivity index (χ0) is 15.8. The maximum atomic E-state index is 14.1. The highest BCUT2D eigenvalue weighted by molar-refractivity contribution is 5.54. The topological polar surface area (TPSA) is 39.5 Å². The van der Waals surface area contributed by atoms with E-state index >= 15 is 0 Å². The first kappa shape index (κ1) is 14.4. The predicted molar refractivity (Wildman–Crippen MR) is 84.6 cm³/mol. The molecule has 1 atom stereocenters. The Hall–Kier alpha value is -2.24. The third-order valence-electron chi connectivity index (χ3n) is 4.54. The number of ether oxygens (including phenoxy) is 2. The lowest BCUT2D eigenvalue weighted by atomic mass is 10.0. The van der Waals surface area contributed by atoms with Crippen molar-refractivity contribution in [3.63, 3.8) is 0 Å². The van der Waals surface area contributed by atoms with E-state index in [4.69, 9.17) is 9.47 Å². The summed E-state index contributed by atoms with van der Waals surface area (Å²) < 4.78 is 27.4. The molecule has 0 radical (unpaired) electrons. The van der Waals surface area contributed by atoms with E-state index in [9.17, 15) is 4.39 Å². The molecule has 0 amide bonds. The van der Waals surface area contributed by atoms with Crippen LogP contribution in [0.1, 0.15) is 31.4 Å². The minimum Gasteiger partial charge on any atom is -0.486 e. The molecule has 0 saturated carbocycles. The van der Waals surface area contributed by atoms with Gasteiger partial charge in [0.25, 0.3) is 0 Å². The SMILES string of the molecule is CCn1nccc1N1CCCC1c1cc(F)cc2c1OCCO2. The van der Waals surface area contributed by atoms with E-state index in [0.717, 1.165) is 37.3 Å². The molecule has 0 bridgehead atoms. The molecule has 1 saturated heterocycles. The Kier molecular flexibility index (Phi) is 3.59. The first-order valence-corrected chi connectivity index (χ1v) is 8.15. The van der Waals surface area contributed by atoms with Crippen LogP contribution in [0.25, 0.3) is 0 Å². The molecule has 1 unspecified atom stereocenters. The summed E-state index contributed by atoms with van der Waals surface area (Å²) in [6.45, 7) is 4.79. The smallest absolute Gasteiger partial charge is 0.166 e. The summed E-state index contributed by atoms with van der Waals surface area (Å²) in [4.78, 5) is 2.30. The van der Waals surface area contributed by atoms with Crippen LogP contribution < -0.4 is 14.4 Å². The lowest BCUT2D eigenvalue weighted by Crippen LogP contribution is -2.27. The van der Waals surface area contributed by atoms with Crippen molar-refractivity contribution < 1.29 is 13.9 Å². The second-order valence-electron chi connectivity index (χ2n) is 5.88. The molecule has 2 aromatic rings. The summed E-state index contributed by atoms with van der Waals surface area (Å²) in [5.74, 6) is 2.00. The molecule has 1 aromatic carbocycles. The molecule has 6 heteroatoms. The van der Waals surface area contributed by atoms with Gasteiger partial charge in [-0.25, -0.2) is 4.39 Å². The first-order chi connectivity index (χ1) is 11.3. The lowest BCUT2D eigenvalue weighted by molar-refractivity contribution is 0.168. The summed E-state index contributed by atoms with van der Waals surface area (Å²) >= 11 is 0. The fourth-order valence-corrected chi connectivity index (χ4v) is 3.57. The van der Waals surface area contributed by atoms with Crippen molar-refractivity contribution in [1.29, 1.82) is 0 Å². The van der Waals surface area contributed by atoms with Gasteiger partial charge in [0.05, 0.1) is 12.2 Å². The van der Waals surface area contributed by atoms with Crippen LogP contribution in [-0.2, 0) is 6.54 Å². The van der Waals surface area contributed by atoms with Gasteiger partial charge in [0.1, 0.15) is 24.8 Å². The van der Waals surface area contributed by atoms with Crippen LogP contribution >= 0.6 is 0 Å². The summed E-state index contributed by atoms with van der Waals surface area (Å²) in [6.07, 6.45) is 3.84. The Bertz CT molecular complexity index is 716. The summed E-state index contributed by atoms with van der Waals surface area (Å²) in [5.41, 5.74) is 0.876. The maximum absolute atomic E-state index is 14.1. The molecule has 2 aliphatic rings. The lowest BCUT2D eigenvalue weighted by Gasteiger charge is -2.30. The van der Waals surface area contributed by atoms with Gasteiger partial charge in [0.15, 0.2) is 11.5 Å². The maximum Gasteiger partial charge on any atom is 0.166 e. The van der Waals surface area contributed by atoms with Crippen molar-refractivity contribution >= 4 is 5.82 Å². The molecule has 0 spiro atoms. The number of anilines is 1. The largest absolute Gasteiger partial charge is 0.486 e. The van der Waals surface area contributed by atoms with Crippen LogP contribution in [0.3, 0.4) is 0 Å². The molecule has 1 fully saturated rings. The molecule has 5 nitrogen and oxygen atoms in total. The number of nitrogens with zero attached hydrogens (tertiary/aromatic N) is 3. The number of fused-ring (bicyclic) bond motifs is 1. The molecule has 1 aromatic heterocycles. The van der Waals surface area contributed by atoms with E-state index in [-0.39, 0.29) is 11.9 Å². The van der Waals surface area contributed by atoms with Gasteiger partial charge in [0, 0.05) is 30.8 Å². The second kappa shape index (κ2) is 5.76. The van der Waals surface area contributed by atoms with Crippen LogP contribution in [0, 0.1) is 5.82 Å². The number of aromatic nitrogens is 2. The zero-order valence-electron chi connectivity index (χ0n) is 13.2. The molecule has 3 heterocycles. The highest BCUT2D eigenvalue weighted by Crippen LogP contribution is 2.44. The third kappa shape index (κ3) is 2.42. The molecule has 23 heavy (non-hydrogen) atoms. The fraction of sp³-hybridized carbons (Fsp3) is 0.471. The fourth-order valence-electron chi connectivity index (χ4n) is 3.57. The summed E-state index contributed by atoms with van der Waals surface area (Å²) in [7, 11) is 0. The quantitative estimate of drug-likeness (QED) is 0.872. The third-order valence-corrected chi connectivity index (χ3v) is 4.54. The number of hydrogen-bond acceptors (Lipinski definition) is 4. The van der Waals surface area contributed by atoms with Crippen molar-refractivity contribution in [1.82, 2.24) is 9.78 Å². The monoisotopic (exact) mass is 317 g/mol. The van der Waals surface area contributed by atoms with Crippen molar-refractivity contribution in [3.05, 3.63) is 35.8 Å². The van der Waals surface area contributed by atoms with Gasteiger partial charge >= 0.3 is 0 Å².